The number of alkyl halides is 1. The molecule has 0 aliphatic carbocycles. The molecule has 0 aromatic heterocycles. The average Bonchev–Trinajstić information content (AvgIpc) is 2.43. The van der Waals surface area contributed by atoms with Crippen LogP contribution in [0.25, 0.3) is 0 Å². The molecule has 1 rings (SSSR count). The van der Waals surface area contributed by atoms with Gasteiger partial charge in [-0.15, -0.1) is 11.6 Å². The van der Waals surface area contributed by atoms with E-state index in [1.54, 1.807) is 12.1 Å². The van der Waals surface area contributed by atoms with Crippen molar-refractivity contribution in [3.8, 4) is 17.2 Å². The predicted molar refractivity (Wildman–Crippen MR) is 68.8 cm³/mol. The highest BCUT2D eigenvalue weighted by Gasteiger charge is 2.24. The van der Waals surface area contributed by atoms with Gasteiger partial charge in [0.1, 0.15) is 5.38 Å². The Morgan fingerprint density at radius 3 is 2.22 bits per heavy atom. The minimum absolute atomic E-state index is 0.317. The molecule has 0 saturated carbocycles. The fourth-order valence-electron chi connectivity index (χ4n) is 1.59. The Morgan fingerprint density at radius 2 is 1.78 bits per heavy atom. The molecule has 1 amide bonds. The van der Waals surface area contributed by atoms with Gasteiger partial charge in [0, 0.05) is 12.6 Å². The standard InChI is InChI=1S/C12H16ClNO4/c1-14-12(15)9(13)7-5-6-8(16-2)11(18-4)10(7)17-3/h5-6,9H,1-4H3,(H,14,15). The Labute approximate surface area is 111 Å². The molecule has 1 N–H and O–H groups in total. The highest BCUT2D eigenvalue weighted by atomic mass is 35.5. The number of ether oxygens (including phenoxy) is 3. The number of carbonyl (C=O) groups is 1. The van der Waals surface area contributed by atoms with Crippen molar-refractivity contribution in [1.82, 2.24) is 5.32 Å². The van der Waals surface area contributed by atoms with E-state index in [9.17, 15) is 4.79 Å². The number of halogens is 1. The maximum atomic E-state index is 11.6. The third kappa shape index (κ3) is 2.61. The SMILES string of the molecule is CNC(=O)C(Cl)c1ccc(OC)c(OC)c1OC. The molecule has 5 nitrogen and oxygen atoms in total. The summed E-state index contributed by atoms with van der Waals surface area (Å²) in [5, 5.41) is 1.63. The van der Waals surface area contributed by atoms with Crippen LogP contribution in [-0.4, -0.2) is 34.3 Å². The van der Waals surface area contributed by atoms with Crippen LogP contribution in [0.1, 0.15) is 10.9 Å². The van der Waals surface area contributed by atoms with Gasteiger partial charge in [-0.1, -0.05) is 0 Å². The molecule has 0 fully saturated rings. The van der Waals surface area contributed by atoms with Gasteiger partial charge in [-0.2, -0.15) is 0 Å². The summed E-state index contributed by atoms with van der Waals surface area (Å²) in [6, 6.07) is 3.35. The zero-order valence-corrected chi connectivity index (χ0v) is 11.5. The van der Waals surface area contributed by atoms with Gasteiger partial charge in [0.25, 0.3) is 0 Å². The van der Waals surface area contributed by atoms with E-state index in [2.05, 4.69) is 5.32 Å². The lowest BCUT2D eigenvalue weighted by Gasteiger charge is -2.17. The van der Waals surface area contributed by atoms with Gasteiger partial charge in [-0.25, -0.2) is 0 Å². The Bertz CT molecular complexity index is 436. The topological polar surface area (TPSA) is 56.8 Å². The van der Waals surface area contributed by atoms with Gasteiger partial charge < -0.3 is 19.5 Å². The van der Waals surface area contributed by atoms with Crippen molar-refractivity contribution in [3.63, 3.8) is 0 Å². The first kappa shape index (κ1) is 14.4. The summed E-state index contributed by atoms with van der Waals surface area (Å²) < 4.78 is 15.6. The van der Waals surface area contributed by atoms with E-state index in [1.807, 2.05) is 0 Å². The molecule has 0 heterocycles. The summed E-state index contributed by atoms with van der Waals surface area (Å²) in [6.45, 7) is 0. The number of amides is 1. The van der Waals surface area contributed by atoms with Gasteiger partial charge >= 0.3 is 0 Å². The summed E-state index contributed by atoms with van der Waals surface area (Å²) in [5.41, 5.74) is 0.524. The zero-order valence-electron chi connectivity index (χ0n) is 10.7. The normalized spacial score (nSPS) is 11.6. The van der Waals surface area contributed by atoms with Crippen LogP contribution in [0.4, 0.5) is 0 Å². The van der Waals surface area contributed by atoms with Crippen LogP contribution in [0, 0.1) is 0 Å². The van der Waals surface area contributed by atoms with Crippen molar-refractivity contribution in [2.45, 2.75) is 5.38 Å². The van der Waals surface area contributed by atoms with Gasteiger partial charge in [0.05, 0.1) is 21.3 Å². The van der Waals surface area contributed by atoms with Crippen LogP contribution < -0.4 is 19.5 Å². The summed E-state index contributed by atoms with van der Waals surface area (Å²) in [4.78, 5) is 11.6. The van der Waals surface area contributed by atoms with Crippen molar-refractivity contribution in [1.29, 1.82) is 0 Å². The van der Waals surface area contributed by atoms with E-state index < -0.39 is 5.38 Å². The largest absolute Gasteiger partial charge is 0.493 e. The molecule has 18 heavy (non-hydrogen) atoms. The summed E-state index contributed by atoms with van der Waals surface area (Å²) in [5.74, 6) is 0.994. The first-order chi connectivity index (χ1) is 8.60. The second-order valence-corrected chi connectivity index (χ2v) is 3.84. The molecular formula is C12H16ClNO4. The summed E-state index contributed by atoms with van der Waals surface area (Å²) >= 11 is 6.08. The minimum atomic E-state index is -0.857. The van der Waals surface area contributed by atoms with Crippen LogP contribution in [0.3, 0.4) is 0 Å². The number of benzene rings is 1. The third-order valence-corrected chi connectivity index (χ3v) is 2.92. The average molecular weight is 274 g/mol. The van der Waals surface area contributed by atoms with Crippen molar-refractivity contribution in [2.75, 3.05) is 28.4 Å². The highest BCUT2D eigenvalue weighted by Crippen LogP contribution is 2.43. The van der Waals surface area contributed by atoms with Gasteiger partial charge in [-0.05, 0) is 12.1 Å². The molecule has 1 aromatic carbocycles. The molecular weight excluding hydrogens is 258 g/mol. The second kappa shape index (κ2) is 6.35. The summed E-state index contributed by atoms with van der Waals surface area (Å²) in [6.07, 6.45) is 0. The van der Waals surface area contributed by atoms with Crippen LogP contribution in [0.2, 0.25) is 0 Å². The lowest BCUT2D eigenvalue weighted by Crippen LogP contribution is -2.22. The fraction of sp³-hybridized carbons (Fsp3) is 0.417. The van der Waals surface area contributed by atoms with Gasteiger partial charge in [0.15, 0.2) is 11.5 Å². The van der Waals surface area contributed by atoms with Crippen molar-refractivity contribution >= 4 is 17.5 Å². The van der Waals surface area contributed by atoms with E-state index in [0.29, 0.717) is 22.8 Å². The quantitative estimate of drug-likeness (QED) is 0.830. The van der Waals surface area contributed by atoms with Crippen LogP contribution in [0.15, 0.2) is 12.1 Å². The molecule has 1 atom stereocenters. The van der Waals surface area contributed by atoms with E-state index in [0.717, 1.165) is 0 Å². The first-order valence-corrected chi connectivity index (χ1v) is 5.68. The first-order valence-electron chi connectivity index (χ1n) is 5.25. The van der Waals surface area contributed by atoms with Gasteiger partial charge in [0.2, 0.25) is 11.7 Å². The number of nitrogens with one attached hydrogen (secondary N) is 1. The van der Waals surface area contributed by atoms with E-state index >= 15 is 0 Å². The Morgan fingerprint density at radius 1 is 1.17 bits per heavy atom. The molecule has 100 valence electrons. The van der Waals surface area contributed by atoms with E-state index in [1.165, 1.54) is 28.4 Å². The van der Waals surface area contributed by atoms with Gasteiger partial charge in [-0.3, -0.25) is 4.79 Å². The number of hydrogen-bond donors (Lipinski definition) is 1. The molecule has 0 radical (unpaired) electrons. The van der Waals surface area contributed by atoms with Crippen molar-refractivity contribution in [2.24, 2.45) is 0 Å². The number of likely N-dealkylation sites (N-methyl/N-ethyl adjacent to an activating group) is 1. The second-order valence-electron chi connectivity index (χ2n) is 3.40. The Balaban J connectivity index is 3.33. The Hall–Kier alpha value is -1.62. The van der Waals surface area contributed by atoms with Crippen molar-refractivity contribution in [3.05, 3.63) is 17.7 Å². The minimum Gasteiger partial charge on any atom is -0.493 e. The van der Waals surface area contributed by atoms with Crippen molar-refractivity contribution < 1.29 is 19.0 Å². The van der Waals surface area contributed by atoms with Crippen LogP contribution in [0.5, 0.6) is 17.2 Å². The van der Waals surface area contributed by atoms with E-state index in [-0.39, 0.29) is 5.91 Å². The lowest BCUT2D eigenvalue weighted by molar-refractivity contribution is -0.120. The maximum Gasteiger partial charge on any atom is 0.242 e. The molecule has 0 aliphatic heterocycles. The lowest BCUT2D eigenvalue weighted by atomic mass is 10.1. The monoisotopic (exact) mass is 273 g/mol. The molecule has 0 bridgehead atoms. The molecule has 0 saturated heterocycles. The number of methoxy groups -OCH3 is 3. The molecule has 0 spiro atoms. The summed E-state index contributed by atoms with van der Waals surface area (Å²) in [7, 11) is 6.01. The zero-order chi connectivity index (χ0) is 13.7. The molecule has 1 aromatic rings. The molecule has 6 heteroatoms. The predicted octanol–water partition coefficient (Wildman–Crippen LogP) is 1.74. The molecule has 1 unspecified atom stereocenters. The smallest absolute Gasteiger partial charge is 0.242 e. The number of rotatable bonds is 5. The molecule has 0 aliphatic rings. The highest BCUT2D eigenvalue weighted by molar-refractivity contribution is 6.31. The number of carbonyl (C=O) groups excluding carboxylic acids is 1. The third-order valence-electron chi connectivity index (χ3n) is 2.48. The number of hydrogen-bond acceptors (Lipinski definition) is 4. The Kier molecular flexibility index (Phi) is 5.09. The fourth-order valence-corrected chi connectivity index (χ4v) is 1.87. The van der Waals surface area contributed by atoms with Crippen LogP contribution in [-0.2, 0) is 4.79 Å². The van der Waals surface area contributed by atoms with E-state index in [4.69, 9.17) is 25.8 Å². The maximum absolute atomic E-state index is 11.6. The van der Waals surface area contributed by atoms with Crippen LogP contribution >= 0.6 is 11.6 Å².